The predicted molar refractivity (Wildman–Crippen MR) is 223 cm³/mol. The van der Waals surface area contributed by atoms with E-state index in [4.69, 9.17) is 47.4 Å². The Morgan fingerprint density at radius 2 is 1.24 bits per heavy atom. The van der Waals surface area contributed by atoms with Gasteiger partial charge < -0.3 is 47.4 Å². The first-order valence-corrected chi connectivity index (χ1v) is 20.7. The van der Waals surface area contributed by atoms with Gasteiger partial charge in [0.15, 0.2) is 18.5 Å². The van der Waals surface area contributed by atoms with E-state index in [0.717, 1.165) is 21.6 Å². The summed E-state index contributed by atoms with van der Waals surface area (Å²) in [5.41, 5.74) is 11.4. The fourth-order valence-corrected chi connectivity index (χ4v) is 8.12. The largest absolute Gasteiger partial charge is 0.497 e. The van der Waals surface area contributed by atoms with Crippen LogP contribution in [0.2, 0.25) is 0 Å². The van der Waals surface area contributed by atoms with E-state index in [1.807, 2.05) is 103 Å². The van der Waals surface area contributed by atoms with Crippen molar-refractivity contribution in [3.8, 4) is 5.75 Å². The molecule has 0 unspecified atom stereocenters. The van der Waals surface area contributed by atoms with E-state index in [-0.39, 0.29) is 26.4 Å². The summed E-state index contributed by atoms with van der Waals surface area (Å²) < 4.78 is 61.5. The number of nitrogens with zero attached hydrogens (tertiary/aromatic N) is 3. The van der Waals surface area contributed by atoms with Crippen LogP contribution in [0, 0.1) is 0 Å². The fourth-order valence-electron chi connectivity index (χ4n) is 7.02. The molecule has 0 spiro atoms. The summed E-state index contributed by atoms with van der Waals surface area (Å²) in [6, 6.07) is 33.7. The van der Waals surface area contributed by atoms with E-state index in [1.165, 1.54) is 32.7 Å². The maximum Gasteiger partial charge on any atom is 0.337 e. The molecule has 4 aromatic rings. The summed E-state index contributed by atoms with van der Waals surface area (Å²) in [7, 11) is 2.77. The first kappa shape index (κ1) is 46.0. The molecule has 0 radical (unpaired) electrons. The van der Waals surface area contributed by atoms with Gasteiger partial charge in [-0.25, -0.2) is 4.79 Å². The molecule has 2 aliphatic rings. The zero-order valence-electron chi connectivity index (χ0n) is 34.6. The maximum absolute atomic E-state index is 13.8. The molecular formula is C45H49N3O13S. The summed E-state index contributed by atoms with van der Waals surface area (Å²) in [4.78, 5) is 42.8. The molecular weight excluding hydrogens is 823 g/mol. The smallest absolute Gasteiger partial charge is 0.337 e. The molecule has 4 aromatic carbocycles. The molecule has 2 heterocycles. The zero-order valence-corrected chi connectivity index (χ0v) is 35.4. The minimum Gasteiger partial charge on any atom is -0.497 e. The summed E-state index contributed by atoms with van der Waals surface area (Å²) in [6.07, 6.45) is -10.0. The molecule has 328 valence electrons. The van der Waals surface area contributed by atoms with Gasteiger partial charge in [-0.2, -0.15) is 0 Å². The van der Waals surface area contributed by atoms with Gasteiger partial charge in [0.1, 0.15) is 54.4 Å². The molecule has 2 fully saturated rings. The number of ether oxygens (including phenoxy) is 10. The Labute approximate surface area is 363 Å². The Hall–Kier alpha value is -5.49. The third-order valence-electron chi connectivity index (χ3n) is 9.94. The van der Waals surface area contributed by atoms with Crippen molar-refractivity contribution in [1.82, 2.24) is 0 Å². The highest BCUT2D eigenvalue weighted by atomic mass is 32.2. The molecule has 0 N–H and O–H groups in total. The van der Waals surface area contributed by atoms with Crippen LogP contribution < -0.4 is 4.74 Å². The molecule has 0 aromatic heterocycles. The molecule has 17 heteroatoms. The van der Waals surface area contributed by atoms with E-state index in [2.05, 4.69) is 10.0 Å². The highest BCUT2D eigenvalue weighted by Crippen LogP contribution is 2.40. The van der Waals surface area contributed by atoms with Crippen LogP contribution in [0.1, 0.15) is 30.5 Å². The van der Waals surface area contributed by atoms with Crippen LogP contribution in [-0.4, -0.2) is 99.2 Å². The second-order valence-corrected chi connectivity index (χ2v) is 15.4. The number of carbonyl (C=O) groups excluding carboxylic acids is 3. The van der Waals surface area contributed by atoms with Gasteiger partial charge in [-0.15, -0.1) is 0 Å². The number of carbonyl (C=O) groups is 3. The lowest BCUT2D eigenvalue weighted by molar-refractivity contribution is -0.324. The molecule has 2 aliphatic heterocycles. The third kappa shape index (κ3) is 12.6. The summed E-state index contributed by atoms with van der Waals surface area (Å²) in [5.74, 6) is -1.41. The van der Waals surface area contributed by atoms with Crippen LogP contribution in [0.4, 0.5) is 0 Å². The Bertz CT molecular complexity index is 2080. The standard InChI is InChI=1S/C45H49N3O13S/c1-28(49)54-27-35-37(55-26-32-20-22-33(52-3)23-21-32)38(56-24-30-14-8-5-9-15-30)36(47-48-46)44(59-35)60-40-39(57-25-31-16-10-6-11-17-31)42(58-29(2)50)45(61-41(40)43(51)53-4)62-34-18-12-7-13-19-34/h5-23,35-42,44-45H,24-27H2,1-4H3/t35-,36-,37-,38-,39+,40+,41-,42-,44-,45+/m1/s1. The number of methoxy groups -OCH3 is 2. The van der Waals surface area contributed by atoms with Crippen molar-refractivity contribution in [3.05, 3.63) is 142 Å². The second-order valence-electron chi connectivity index (χ2n) is 14.2. The second kappa shape index (κ2) is 23.1. The zero-order chi connectivity index (χ0) is 43.8. The third-order valence-corrected chi connectivity index (χ3v) is 11.1. The van der Waals surface area contributed by atoms with Crippen molar-refractivity contribution in [2.75, 3.05) is 20.8 Å². The molecule has 0 aliphatic carbocycles. The molecule has 62 heavy (non-hydrogen) atoms. The van der Waals surface area contributed by atoms with Gasteiger partial charge in [-0.1, -0.05) is 108 Å². The number of esters is 3. The van der Waals surface area contributed by atoms with Crippen LogP contribution in [0.25, 0.3) is 10.4 Å². The van der Waals surface area contributed by atoms with Crippen molar-refractivity contribution in [2.45, 2.75) is 99.1 Å². The van der Waals surface area contributed by atoms with E-state index < -0.39 is 78.4 Å². The van der Waals surface area contributed by atoms with Gasteiger partial charge in [0, 0.05) is 23.7 Å². The van der Waals surface area contributed by atoms with Gasteiger partial charge in [-0.3, -0.25) is 9.59 Å². The van der Waals surface area contributed by atoms with E-state index >= 15 is 0 Å². The van der Waals surface area contributed by atoms with E-state index in [9.17, 15) is 19.9 Å². The quantitative estimate of drug-likeness (QED) is 0.0317. The van der Waals surface area contributed by atoms with E-state index in [1.54, 1.807) is 19.2 Å². The minimum absolute atomic E-state index is 0.00418. The summed E-state index contributed by atoms with van der Waals surface area (Å²) in [6.45, 7) is 2.29. The van der Waals surface area contributed by atoms with Crippen molar-refractivity contribution < 1.29 is 61.8 Å². The average molecular weight is 872 g/mol. The highest BCUT2D eigenvalue weighted by molar-refractivity contribution is 7.99. The van der Waals surface area contributed by atoms with Crippen LogP contribution in [-0.2, 0) is 76.8 Å². The lowest BCUT2D eigenvalue weighted by Gasteiger charge is -2.48. The van der Waals surface area contributed by atoms with Crippen molar-refractivity contribution >= 4 is 29.7 Å². The SMILES string of the molecule is COC(=O)[C@@H]1O[C@@H](Sc2ccccc2)[C@H](OC(C)=O)[C@@H](OCc2ccccc2)[C@@H]1O[C@H]1O[C@H](COC(C)=O)[C@@H](OCc2ccc(OC)cc2)[C@H](OCc2ccccc2)[C@H]1N=[N+]=[N-]. The Morgan fingerprint density at radius 1 is 0.677 bits per heavy atom. The van der Waals surface area contributed by atoms with Crippen molar-refractivity contribution in [3.63, 3.8) is 0 Å². The molecule has 0 saturated carbocycles. The average Bonchev–Trinajstić information content (AvgIpc) is 3.29. The monoisotopic (exact) mass is 871 g/mol. The van der Waals surface area contributed by atoms with Crippen LogP contribution in [0.15, 0.2) is 125 Å². The van der Waals surface area contributed by atoms with Crippen molar-refractivity contribution in [1.29, 1.82) is 0 Å². The normalized spacial score (nSPS) is 25.7. The molecule has 2 saturated heterocycles. The Morgan fingerprint density at radius 3 is 1.79 bits per heavy atom. The summed E-state index contributed by atoms with van der Waals surface area (Å²) in [5, 5.41) is 4.14. The number of benzene rings is 4. The summed E-state index contributed by atoms with van der Waals surface area (Å²) >= 11 is 1.22. The fraction of sp³-hybridized carbons (Fsp3) is 0.400. The van der Waals surface area contributed by atoms with Crippen LogP contribution in [0.3, 0.4) is 0 Å². The van der Waals surface area contributed by atoms with Gasteiger partial charge in [0.05, 0.1) is 34.0 Å². The van der Waals surface area contributed by atoms with Crippen LogP contribution in [0.5, 0.6) is 5.75 Å². The number of hydrogen-bond acceptors (Lipinski definition) is 15. The van der Waals surface area contributed by atoms with Crippen molar-refractivity contribution in [2.24, 2.45) is 5.11 Å². The molecule has 6 rings (SSSR count). The first-order chi connectivity index (χ1) is 30.2. The van der Waals surface area contributed by atoms with Gasteiger partial charge in [0.2, 0.25) is 0 Å². The van der Waals surface area contributed by atoms with Gasteiger partial charge in [0.25, 0.3) is 0 Å². The van der Waals surface area contributed by atoms with Crippen LogP contribution >= 0.6 is 11.8 Å². The topological polar surface area (TPSA) is 192 Å². The molecule has 0 amide bonds. The number of hydrogen-bond donors (Lipinski definition) is 0. The van der Waals surface area contributed by atoms with E-state index in [0.29, 0.717) is 5.75 Å². The number of azide groups is 1. The highest BCUT2D eigenvalue weighted by Gasteiger charge is 2.56. The Balaban J connectivity index is 1.41. The number of rotatable bonds is 19. The predicted octanol–water partition coefficient (Wildman–Crippen LogP) is 6.73. The van der Waals surface area contributed by atoms with Gasteiger partial charge in [-0.05, 0) is 46.5 Å². The lowest BCUT2D eigenvalue weighted by Crippen LogP contribution is -2.66. The molecule has 16 nitrogen and oxygen atoms in total. The van der Waals surface area contributed by atoms with Gasteiger partial charge >= 0.3 is 17.9 Å². The molecule has 0 bridgehead atoms. The first-order valence-electron chi connectivity index (χ1n) is 19.8. The molecule has 10 atom stereocenters. The lowest BCUT2D eigenvalue weighted by atomic mass is 9.95. The number of thioether (sulfide) groups is 1. The Kier molecular flexibility index (Phi) is 17.1. The minimum atomic E-state index is -1.52. The maximum atomic E-state index is 13.8.